The maximum absolute atomic E-state index is 13.1. The zero-order chi connectivity index (χ0) is 18.7. The number of amides is 1. The van der Waals surface area contributed by atoms with Crippen molar-refractivity contribution in [2.45, 2.75) is 13.1 Å². The number of anilines is 1. The van der Waals surface area contributed by atoms with Gasteiger partial charge in [0.15, 0.2) is 0 Å². The lowest BCUT2D eigenvalue weighted by Gasteiger charge is -2.05. The van der Waals surface area contributed by atoms with Crippen molar-refractivity contribution < 1.29 is 19.1 Å². The maximum atomic E-state index is 13.1. The van der Waals surface area contributed by atoms with Crippen molar-refractivity contribution in [3.63, 3.8) is 0 Å². The Labute approximate surface area is 151 Å². The molecule has 3 rings (SSSR count). The molecular formula is C16H13ClFN5O3. The highest BCUT2D eigenvalue weighted by Crippen LogP contribution is 2.18. The van der Waals surface area contributed by atoms with Crippen LogP contribution < -0.4 is 5.32 Å². The molecule has 0 radical (unpaired) electrons. The molecule has 0 unspecified atom stereocenters. The number of halogens is 2. The van der Waals surface area contributed by atoms with E-state index in [1.165, 1.54) is 35.4 Å². The van der Waals surface area contributed by atoms with Gasteiger partial charge in [-0.3, -0.25) is 14.2 Å². The van der Waals surface area contributed by atoms with Gasteiger partial charge in [-0.1, -0.05) is 17.7 Å². The Kier molecular flexibility index (Phi) is 4.99. The lowest BCUT2D eigenvalue weighted by Crippen LogP contribution is -2.18. The van der Waals surface area contributed by atoms with Crippen LogP contribution in [-0.4, -0.2) is 36.5 Å². The van der Waals surface area contributed by atoms with Gasteiger partial charge in [-0.2, -0.15) is 10.2 Å². The number of carbonyl (C=O) groups excluding carboxylic acids is 1. The molecule has 0 atom stereocenters. The fourth-order valence-electron chi connectivity index (χ4n) is 2.25. The van der Waals surface area contributed by atoms with Crippen LogP contribution in [0.5, 0.6) is 0 Å². The maximum Gasteiger partial charge on any atom is 0.338 e. The molecule has 1 aromatic carbocycles. The van der Waals surface area contributed by atoms with E-state index in [-0.39, 0.29) is 18.0 Å². The Hall–Kier alpha value is -3.20. The lowest BCUT2D eigenvalue weighted by molar-refractivity contribution is -0.116. The normalized spacial score (nSPS) is 10.7. The highest BCUT2D eigenvalue weighted by Gasteiger charge is 2.10. The zero-order valence-electron chi connectivity index (χ0n) is 13.3. The molecule has 2 heterocycles. The van der Waals surface area contributed by atoms with Gasteiger partial charge in [0.1, 0.15) is 12.4 Å². The first kappa shape index (κ1) is 17.6. The van der Waals surface area contributed by atoms with Crippen LogP contribution in [0.15, 0.2) is 43.0 Å². The summed E-state index contributed by atoms with van der Waals surface area (Å²) in [7, 11) is 0. The van der Waals surface area contributed by atoms with Gasteiger partial charge in [-0.15, -0.1) is 0 Å². The molecular weight excluding hydrogens is 365 g/mol. The molecule has 2 N–H and O–H groups in total. The van der Waals surface area contributed by atoms with Crippen molar-refractivity contribution in [3.8, 4) is 0 Å². The molecule has 0 aliphatic rings. The van der Waals surface area contributed by atoms with E-state index in [1.54, 1.807) is 16.9 Å². The summed E-state index contributed by atoms with van der Waals surface area (Å²) < 4.78 is 15.8. The van der Waals surface area contributed by atoms with Crippen molar-refractivity contribution in [2.75, 3.05) is 5.32 Å². The second kappa shape index (κ2) is 7.36. The molecule has 0 saturated carbocycles. The number of carboxylic acid groups (broad SMARTS) is 1. The van der Waals surface area contributed by atoms with Gasteiger partial charge in [0.05, 0.1) is 30.2 Å². The van der Waals surface area contributed by atoms with Gasteiger partial charge >= 0.3 is 5.97 Å². The van der Waals surface area contributed by atoms with Crippen LogP contribution in [-0.2, 0) is 17.9 Å². The van der Waals surface area contributed by atoms with Crippen molar-refractivity contribution >= 4 is 29.2 Å². The molecule has 0 aliphatic heterocycles. The molecule has 2 aromatic heterocycles. The first-order valence-corrected chi connectivity index (χ1v) is 7.80. The number of carbonyl (C=O) groups is 2. The largest absolute Gasteiger partial charge is 0.478 e. The van der Waals surface area contributed by atoms with Crippen LogP contribution in [0.1, 0.15) is 15.9 Å². The van der Waals surface area contributed by atoms with E-state index in [9.17, 15) is 14.0 Å². The minimum atomic E-state index is -1.11. The third kappa shape index (κ3) is 4.25. The molecule has 0 spiro atoms. The molecule has 10 heteroatoms. The first-order chi connectivity index (χ1) is 12.4. The highest BCUT2D eigenvalue weighted by molar-refractivity contribution is 6.31. The van der Waals surface area contributed by atoms with Gasteiger partial charge in [0, 0.05) is 17.4 Å². The number of hydrogen-bond donors (Lipinski definition) is 2. The predicted molar refractivity (Wildman–Crippen MR) is 90.6 cm³/mol. The molecule has 0 bridgehead atoms. The van der Waals surface area contributed by atoms with E-state index >= 15 is 0 Å². The van der Waals surface area contributed by atoms with Gasteiger partial charge in [0.2, 0.25) is 5.91 Å². The third-order valence-corrected chi connectivity index (χ3v) is 3.80. The molecule has 8 nitrogen and oxygen atoms in total. The summed E-state index contributed by atoms with van der Waals surface area (Å²) in [5.74, 6) is -1.92. The Balaban J connectivity index is 1.60. The van der Waals surface area contributed by atoms with E-state index in [2.05, 4.69) is 15.5 Å². The van der Waals surface area contributed by atoms with Gasteiger partial charge < -0.3 is 10.4 Å². The molecule has 3 aromatic rings. The fraction of sp³-hybridized carbons (Fsp3) is 0.125. The first-order valence-electron chi connectivity index (χ1n) is 7.42. The van der Waals surface area contributed by atoms with E-state index in [1.807, 2.05) is 0 Å². The average molecular weight is 378 g/mol. The van der Waals surface area contributed by atoms with Crippen molar-refractivity contribution in [2.24, 2.45) is 0 Å². The molecule has 0 aliphatic carbocycles. The predicted octanol–water partition coefficient (Wildman–Crippen LogP) is 2.26. The van der Waals surface area contributed by atoms with Crippen molar-refractivity contribution in [1.29, 1.82) is 0 Å². The quantitative estimate of drug-likeness (QED) is 0.686. The monoisotopic (exact) mass is 377 g/mol. The van der Waals surface area contributed by atoms with Crippen LogP contribution in [0, 0.1) is 5.82 Å². The highest BCUT2D eigenvalue weighted by atomic mass is 35.5. The molecule has 0 fully saturated rings. The van der Waals surface area contributed by atoms with Crippen molar-refractivity contribution in [1.82, 2.24) is 19.6 Å². The third-order valence-electron chi connectivity index (χ3n) is 3.45. The van der Waals surface area contributed by atoms with Crippen LogP contribution in [0.3, 0.4) is 0 Å². The number of benzene rings is 1. The molecule has 0 saturated heterocycles. The topological polar surface area (TPSA) is 102 Å². The fourth-order valence-corrected chi connectivity index (χ4v) is 2.47. The number of hydrogen-bond acceptors (Lipinski definition) is 4. The smallest absolute Gasteiger partial charge is 0.338 e. The summed E-state index contributed by atoms with van der Waals surface area (Å²) in [5, 5.41) is 19.7. The minimum absolute atomic E-state index is 0.00166. The molecule has 134 valence electrons. The number of aromatic nitrogens is 4. The van der Waals surface area contributed by atoms with Gasteiger partial charge in [0.25, 0.3) is 0 Å². The van der Waals surface area contributed by atoms with Crippen molar-refractivity contribution in [3.05, 3.63) is 65.0 Å². The van der Waals surface area contributed by atoms with E-state index in [4.69, 9.17) is 16.7 Å². The van der Waals surface area contributed by atoms with E-state index < -0.39 is 11.8 Å². The Morgan fingerprint density at radius 1 is 1.19 bits per heavy atom. The Morgan fingerprint density at radius 3 is 2.65 bits per heavy atom. The van der Waals surface area contributed by atoms with Crippen LogP contribution in [0.4, 0.5) is 10.1 Å². The summed E-state index contributed by atoms with van der Waals surface area (Å²) in [6.45, 7) is 0.179. The van der Waals surface area contributed by atoms with Crippen LogP contribution in [0.2, 0.25) is 5.02 Å². The number of carboxylic acids is 1. The zero-order valence-corrected chi connectivity index (χ0v) is 14.0. The Morgan fingerprint density at radius 2 is 1.96 bits per heavy atom. The van der Waals surface area contributed by atoms with Crippen LogP contribution in [0.25, 0.3) is 0 Å². The van der Waals surface area contributed by atoms with E-state index in [0.717, 1.165) is 0 Å². The molecule has 26 heavy (non-hydrogen) atoms. The summed E-state index contributed by atoms with van der Waals surface area (Å²) in [6.07, 6.45) is 5.49. The standard InChI is InChI=1S/C16H13ClFN5O3/c17-14-3-12(18)2-1-10(14)6-22-8-13(5-20-22)21-15(24)9-23-7-11(4-19-23)16(25)26/h1-5,7-8H,6,9H2,(H,21,24)(H,25,26). The number of nitrogens with zero attached hydrogens (tertiary/aromatic N) is 4. The summed E-state index contributed by atoms with van der Waals surface area (Å²) in [6, 6.07) is 4.09. The summed E-state index contributed by atoms with van der Waals surface area (Å²) >= 11 is 5.98. The number of rotatable bonds is 6. The average Bonchev–Trinajstić information content (AvgIpc) is 3.20. The lowest BCUT2D eigenvalue weighted by atomic mass is 10.2. The van der Waals surface area contributed by atoms with Crippen LogP contribution >= 0.6 is 11.6 Å². The second-order valence-electron chi connectivity index (χ2n) is 5.44. The summed E-state index contributed by atoms with van der Waals surface area (Å²) in [4.78, 5) is 22.8. The number of nitrogens with one attached hydrogen (secondary N) is 1. The SMILES string of the molecule is O=C(Cn1cc(C(=O)O)cn1)Nc1cnn(Cc2ccc(F)cc2Cl)c1. The van der Waals surface area contributed by atoms with Gasteiger partial charge in [-0.25, -0.2) is 9.18 Å². The molecule has 1 amide bonds. The summed E-state index contributed by atoms with van der Waals surface area (Å²) in [5.41, 5.74) is 1.15. The number of aromatic carboxylic acids is 1. The van der Waals surface area contributed by atoms with E-state index in [0.29, 0.717) is 22.8 Å². The second-order valence-corrected chi connectivity index (χ2v) is 5.85. The van der Waals surface area contributed by atoms with Gasteiger partial charge in [-0.05, 0) is 17.7 Å². The minimum Gasteiger partial charge on any atom is -0.478 e. The Bertz CT molecular complexity index is 968.